The second-order valence-corrected chi connectivity index (χ2v) is 11.1. The lowest BCUT2D eigenvalue weighted by Gasteiger charge is -2.20. The van der Waals surface area contributed by atoms with Crippen LogP contribution in [0.15, 0.2) is 65.6 Å². The lowest BCUT2D eigenvalue weighted by atomic mass is 10.1. The average Bonchev–Trinajstić information content (AvgIpc) is 3.45. The molecule has 0 radical (unpaired) electrons. The van der Waals surface area contributed by atoms with Gasteiger partial charge in [0.1, 0.15) is 0 Å². The monoisotopic (exact) mass is 490 g/mol. The number of amides is 1. The molecule has 4 heterocycles. The van der Waals surface area contributed by atoms with Crippen LogP contribution in [0.2, 0.25) is 4.34 Å². The molecule has 2 aromatic heterocycles. The molecule has 2 aliphatic rings. The average molecular weight is 491 g/mol. The fourth-order valence-corrected chi connectivity index (χ4v) is 7.04. The van der Waals surface area contributed by atoms with Crippen molar-refractivity contribution in [3.63, 3.8) is 0 Å². The Kier molecular flexibility index (Phi) is 5.32. The normalized spacial score (nSPS) is 22.1. The summed E-state index contributed by atoms with van der Waals surface area (Å²) in [7, 11) is -3.70. The maximum absolute atomic E-state index is 13.2. The van der Waals surface area contributed by atoms with E-state index in [0.29, 0.717) is 33.6 Å². The van der Waals surface area contributed by atoms with E-state index >= 15 is 0 Å². The minimum absolute atomic E-state index is 0.166. The molecule has 0 aliphatic carbocycles. The van der Waals surface area contributed by atoms with E-state index in [1.807, 2.05) is 0 Å². The van der Waals surface area contributed by atoms with Crippen LogP contribution in [0.5, 0.6) is 0 Å². The van der Waals surface area contributed by atoms with Crippen molar-refractivity contribution in [3.05, 3.63) is 80.4 Å². The summed E-state index contributed by atoms with van der Waals surface area (Å²) in [6.07, 6.45) is 2.21. The van der Waals surface area contributed by atoms with E-state index < -0.39 is 10.2 Å². The molecule has 3 aromatic rings. The molecule has 2 aliphatic heterocycles. The zero-order valence-electron chi connectivity index (χ0n) is 16.7. The van der Waals surface area contributed by atoms with Gasteiger partial charge in [-0.15, -0.1) is 11.3 Å². The summed E-state index contributed by atoms with van der Waals surface area (Å²) in [4.78, 5) is 25.1. The van der Waals surface area contributed by atoms with Gasteiger partial charge in [-0.1, -0.05) is 17.7 Å². The summed E-state index contributed by atoms with van der Waals surface area (Å²) in [5, 5.41) is 2.97. The third-order valence-electron chi connectivity index (χ3n) is 5.77. The molecule has 32 heavy (non-hydrogen) atoms. The molecule has 2 saturated heterocycles. The van der Waals surface area contributed by atoms with Crippen molar-refractivity contribution in [2.45, 2.75) is 18.5 Å². The highest BCUT2D eigenvalue weighted by Crippen LogP contribution is 2.35. The van der Waals surface area contributed by atoms with Crippen molar-refractivity contribution in [2.24, 2.45) is 0 Å². The Bertz CT molecular complexity index is 1340. The van der Waals surface area contributed by atoms with Gasteiger partial charge in [0.25, 0.3) is 11.5 Å². The highest BCUT2D eigenvalue weighted by atomic mass is 35.5. The molecule has 2 atom stereocenters. The number of aromatic nitrogens is 1. The molecule has 0 bridgehead atoms. The van der Waals surface area contributed by atoms with Crippen molar-refractivity contribution >= 4 is 44.7 Å². The molecule has 11 heteroatoms. The van der Waals surface area contributed by atoms with E-state index in [9.17, 15) is 18.0 Å². The first-order valence-corrected chi connectivity index (χ1v) is 12.6. The number of halogens is 1. The number of hydrogen-bond acceptors (Lipinski definition) is 5. The van der Waals surface area contributed by atoms with Crippen LogP contribution < -0.4 is 15.2 Å². The summed E-state index contributed by atoms with van der Waals surface area (Å²) in [6, 6.07) is 14.4. The molecule has 8 nitrogen and oxygen atoms in total. The van der Waals surface area contributed by atoms with Crippen LogP contribution in [-0.4, -0.2) is 48.4 Å². The number of rotatable bonds is 4. The van der Waals surface area contributed by atoms with E-state index in [4.69, 9.17) is 11.6 Å². The number of anilines is 1. The largest absolute Gasteiger partial charge is 0.347 e. The number of pyridine rings is 1. The Balaban J connectivity index is 1.36. The number of benzene rings is 1. The predicted molar refractivity (Wildman–Crippen MR) is 124 cm³/mol. The van der Waals surface area contributed by atoms with Crippen LogP contribution in [-0.2, 0) is 10.2 Å². The van der Waals surface area contributed by atoms with Gasteiger partial charge >= 0.3 is 10.2 Å². The molecular weight excluding hydrogens is 472 g/mol. The van der Waals surface area contributed by atoms with Crippen LogP contribution >= 0.6 is 22.9 Å². The van der Waals surface area contributed by atoms with Gasteiger partial charge in [-0.3, -0.25) is 18.5 Å². The number of fused-ring (bicyclic) bond motifs is 1. The molecule has 2 fully saturated rings. The first-order chi connectivity index (χ1) is 15.3. The van der Waals surface area contributed by atoms with Gasteiger partial charge in [0.15, 0.2) is 0 Å². The van der Waals surface area contributed by atoms with Crippen molar-refractivity contribution in [1.29, 1.82) is 0 Å². The fourth-order valence-electron chi connectivity index (χ4n) is 4.22. The van der Waals surface area contributed by atoms with Crippen LogP contribution in [0.25, 0.3) is 5.69 Å². The zero-order valence-corrected chi connectivity index (χ0v) is 19.1. The molecule has 5 rings (SSSR count). The van der Waals surface area contributed by atoms with Crippen molar-refractivity contribution in [2.75, 3.05) is 17.4 Å². The second kappa shape index (κ2) is 8.04. The molecular formula is C21H19ClN4O4S2. The van der Waals surface area contributed by atoms with E-state index in [0.717, 1.165) is 0 Å². The number of nitrogens with zero attached hydrogens (tertiary/aromatic N) is 3. The highest BCUT2D eigenvalue weighted by Gasteiger charge is 2.51. The number of hydrogen-bond donors (Lipinski definition) is 1. The van der Waals surface area contributed by atoms with E-state index in [1.54, 1.807) is 54.7 Å². The quantitative estimate of drug-likeness (QED) is 0.608. The van der Waals surface area contributed by atoms with E-state index in [2.05, 4.69) is 5.32 Å². The maximum Gasteiger partial charge on any atom is 0.304 e. The van der Waals surface area contributed by atoms with Crippen LogP contribution in [0, 0.1) is 0 Å². The summed E-state index contributed by atoms with van der Waals surface area (Å²) in [5.74, 6) is -0.248. The van der Waals surface area contributed by atoms with Crippen molar-refractivity contribution in [1.82, 2.24) is 14.2 Å². The molecule has 1 N–H and O–H groups in total. The molecule has 0 unspecified atom stereocenters. The third-order valence-corrected chi connectivity index (χ3v) is 8.97. The standard InChI is InChI=1S/C21H19ClN4O4S2/c22-19-9-8-18(31-19)21(28)23-16-10-12-25-17(16)13-26(32(25,29)30)15-6-4-14(5-7-15)24-11-2-1-3-20(24)27/h1-9,11,16-17H,10,12-13H2,(H,23,28)/t16-,17-/m1/s1. The fraction of sp³-hybridized carbons (Fsp3) is 0.238. The first kappa shape index (κ1) is 21.2. The smallest absolute Gasteiger partial charge is 0.304 e. The third kappa shape index (κ3) is 3.62. The topological polar surface area (TPSA) is 91.7 Å². The molecule has 1 amide bonds. The molecule has 0 saturated carbocycles. The van der Waals surface area contributed by atoms with E-state index in [1.165, 1.54) is 30.6 Å². The Hall–Kier alpha value is -2.66. The van der Waals surface area contributed by atoms with Gasteiger partial charge in [-0.05, 0) is 48.9 Å². The molecule has 0 spiro atoms. The number of carbonyl (C=O) groups is 1. The van der Waals surface area contributed by atoms with Gasteiger partial charge in [0.2, 0.25) is 0 Å². The summed E-state index contributed by atoms with van der Waals surface area (Å²) in [5.41, 5.74) is 0.999. The molecule has 1 aromatic carbocycles. The minimum Gasteiger partial charge on any atom is -0.347 e. The first-order valence-electron chi connectivity index (χ1n) is 9.98. The van der Waals surface area contributed by atoms with Gasteiger partial charge in [-0.2, -0.15) is 12.7 Å². The van der Waals surface area contributed by atoms with Crippen molar-refractivity contribution < 1.29 is 13.2 Å². The minimum atomic E-state index is -3.70. The SMILES string of the molecule is O=C(N[C@@H]1CCN2[C@@H]1CN(c1ccc(-n3ccccc3=O)cc1)S2(=O)=O)c1ccc(Cl)s1. The van der Waals surface area contributed by atoms with Crippen molar-refractivity contribution in [3.8, 4) is 5.69 Å². The van der Waals surface area contributed by atoms with Gasteiger partial charge in [-0.25, -0.2) is 0 Å². The Labute approximate surface area is 193 Å². The maximum atomic E-state index is 13.2. The Morgan fingerprint density at radius 1 is 1.06 bits per heavy atom. The van der Waals surface area contributed by atoms with Gasteiger partial charge < -0.3 is 5.32 Å². The summed E-state index contributed by atoms with van der Waals surface area (Å²) < 4.78 is 31.1. The number of thiophene rings is 1. The zero-order chi connectivity index (χ0) is 22.5. The Morgan fingerprint density at radius 2 is 1.81 bits per heavy atom. The lowest BCUT2D eigenvalue weighted by molar-refractivity contribution is 0.0936. The second-order valence-electron chi connectivity index (χ2n) is 7.61. The summed E-state index contributed by atoms with van der Waals surface area (Å²) in [6.45, 7) is 0.584. The molecule has 166 valence electrons. The van der Waals surface area contributed by atoms with Crippen LogP contribution in [0.3, 0.4) is 0 Å². The van der Waals surface area contributed by atoms with E-state index in [-0.39, 0.29) is 30.1 Å². The Morgan fingerprint density at radius 3 is 2.50 bits per heavy atom. The predicted octanol–water partition coefficient (Wildman–Crippen LogP) is 2.49. The lowest BCUT2D eigenvalue weighted by Crippen LogP contribution is -2.44. The highest BCUT2D eigenvalue weighted by molar-refractivity contribution is 7.90. The van der Waals surface area contributed by atoms with Crippen LogP contribution in [0.1, 0.15) is 16.1 Å². The van der Waals surface area contributed by atoms with Crippen LogP contribution in [0.4, 0.5) is 5.69 Å². The number of carbonyl (C=O) groups excluding carboxylic acids is 1. The number of nitrogens with one attached hydrogen (secondary N) is 1. The van der Waals surface area contributed by atoms with Gasteiger partial charge in [0.05, 0.1) is 27.5 Å². The van der Waals surface area contributed by atoms with Gasteiger partial charge in [0, 0.05) is 30.5 Å². The summed E-state index contributed by atoms with van der Waals surface area (Å²) >= 11 is 7.11.